The molecule has 0 spiro atoms. The first-order chi connectivity index (χ1) is 17.3. The summed E-state index contributed by atoms with van der Waals surface area (Å²) in [6.45, 7) is 0.357. The second-order valence-electron chi connectivity index (χ2n) is 8.72. The van der Waals surface area contributed by atoms with E-state index in [9.17, 15) is 40.7 Å². The van der Waals surface area contributed by atoms with E-state index in [1.165, 1.54) is 11.0 Å². The van der Waals surface area contributed by atoms with Crippen LogP contribution in [0.4, 0.5) is 26.3 Å². The molecular weight excluding hydrogens is 506 g/mol. The number of rotatable bonds is 5. The monoisotopic (exact) mass is 526 g/mol. The van der Waals surface area contributed by atoms with Crippen molar-refractivity contribution < 1.29 is 45.1 Å². The van der Waals surface area contributed by atoms with Crippen molar-refractivity contribution in [2.24, 2.45) is 5.92 Å². The minimum atomic E-state index is -5.06. The van der Waals surface area contributed by atoms with E-state index in [4.69, 9.17) is 4.42 Å². The SMILES string of the molecule is O=C(NCC1CCN(C(=O)C(=O)c2cc3ccccc3o2)CC1)c1cc(C(F)(F)F)cc(C(F)(F)F)c1. The van der Waals surface area contributed by atoms with Crippen LogP contribution < -0.4 is 5.32 Å². The number of benzene rings is 2. The van der Waals surface area contributed by atoms with Crippen molar-refractivity contribution in [3.05, 3.63) is 71.0 Å². The Morgan fingerprint density at radius 1 is 0.892 bits per heavy atom. The van der Waals surface area contributed by atoms with Crippen molar-refractivity contribution in [2.75, 3.05) is 19.6 Å². The van der Waals surface area contributed by atoms with Crippen LogP contribution >= 0.6 is 0 Å². The Morgan fingerprint density at radius 2 is 1.49 bits per heavy atom. The van der Waals surface area contributed by atoms with Gasteiger partial charge >= 0.3 is 12.4 Å². The Labute approximate surface area is 206 Å². The number of alkyl halides is 6. The molecule has 6 nitrogen and oxygen atoms in total. The molecule has 0 saturated carbocycles. The molecule has 3 aromatic rings. The molecule has 196 valence electrons. The zero-order valence-corrected chi connectivity index (χ0v) is 19.1. The molecule has 2 amide bonds. The Kier molecular flexibility index (Phi) is 7.03. The van der Waals surface area contributed by atoms with Crippen LogP contribution in [0, 0.1) is 5.92 Å². The first kappa shape index (κ1) is 26.2. The van der Waals surface area contributed by atoms with Crippen molar-refractivity contribution in [1.82, 2.24) is 10.2 Å². The molecular formula is C25H20F6N2O4. The smallest absolute Gasteiger partial charge is 0.416 e. The Balaban J connectivity index is 1.34. The number of halogens is 6. The van der Waals surface area contributed by atoms with E-state index in [-0.39, 0.29) is 37.4 Å². The molecule has 1 fully saturated rings. The topological polar surface area (TPSA) is 79.6 Å². The lowest BCUT2D eigenvalue weighted by Gasteiger charge is -2.31. The van der Waals surface area contributed by atoms with Gasteiger partial charge in [-0.2, -0.15) is 26.3 Å². The molecule has 1 aliphatic rings. The Hall–Kier alpha value is -3.83. The average Bonchev–Trinajstić information content (AvgIpc) is 3.30. The van der Waals surface area contributed by atoms with Crippen LogP contribution in [0.2, 0.25) is 0 Å². The summed E-state index contributed by atoms with van der Waals surface area (Å²) >= 11 is 0. The maximum atomic E-state index is 13.0. The average molecular weight is 526 g/mol. The van der Waals surface area contributed by atoms with E-state index in [1.54, 1.807) is 24.3 Å². The van der Waals surface area contributed by atoms with Crippen molar-refractivity contribution >= 4 is 28.6 Å². The number of carbonyl (C=O) groups excluding carboxylic acids is 3. The highest BCUT2D eigenvalue weighted by Crippen LogP contribution is 2.36. The highest BCUT2D eigenvalue weighted by molar-refractivity contribution is 6.42. The molecule has 12 heteroatoms. The molecule has 0 aliphatic carbocycles. The first-order valence-electron chi connectivity index (χ1n) is 11.2. The number of nitrogens with one attached hydrogen (secondary N) is 1. The van der Waals surface area contributed by atoms with E-state index in [0.717, 1.165) is 0 Å². The summed E-state index contributed by atoms with van der Waals surface area (Å²) in [5.74, 6) is -2.89. The zero-order valence-electron chi connectivity index (χ0n) is 19.1. The number of ketones is 1. The van der Waals surface area contributed by atoms with Gasteiger partial charge in [-0.15, -0.1) is 0 Å². The molecule has 37 heavy (non-hydrogen) atoms. The van der Waals surface area contributed by atoms with Gasteiger partial charge in [0, 0.05) is 30.6 Å². The second kappa shape index (κ2) is 9.91. The van der Waals surface area contributed by atoms with Crippen LogP contribution in [-0.2, 0) is 17.1 Å². The molecule has 1 aromatic heterocycles. The van der Waals surface area contributed by atoms with Crippen LogP contribution in [0.1, 0.15) is 44.9 Å². The Bertz CT molecular complexity index is 1270. The summed E-state index contributed by atoms with van der Waals surface area (Å²) in [4.78, 5) is 38.9. The van der Waals surface area contributed by atoms with E-state index in [1.807, 2.05) is 0 Å². The number of para-hydroxylation sites is 1. The molecule has 0 radical (unpaired) electrons. The van der Waals surface area contributed by atoms with Crippen molar-refractivity contribution in [2.45, 2.75) is 25.2 Å². The number of hydrogen-bond acceptors (Lipinski definition) is 4. The summed E-state index contributed by atoms with van der Waals surface area (Å²) in [5.41, 5.74) is -3.44. The second-order valence-corrected chi connectivity index (χ2v) is 8.72. The van der Waals surface area contributed by atoms with Gasteiger partial charge in [-0.1, -0.05) is 18.2 Å². The number of fused-ring (bicyclic) bond motifs is 1. The molecule has 4 rings (SSSR count). The highest BCUT2D eigenvalue weighted by atomic mass is 19.4. The predicted octanol–water partition coefficient (Wildman–Crippen LogP) is 5.32. The van der Waals surface area contributed by atoms with Gasteiger partial charge in [-0.25, -0.2) is 0 Å². The number of furan rings is 1. The number of hydrogen-bond donors (Lipinski definition) is 1. The van der Waals surface area contributed by atoms with Gasteiger partial charge in [0.2, 0.25) is 0 Å². The van der Waals surface area contributed by atoms with E-state index in [0.29, 0.717) is 35.9 Å². The van der Waals surface area contributed by atoms with Gasteiger partial charge in [0.25, 0.3) is 17.6 Å². The number of Topliss-reactive ketones (excluding diaryl/α,β-unsaturated/α-hetero) is 1. The third-order valence-electron chi connectivity index (χ3n) is 6.15. The molecule has 1 aliphatic heterocycles. The molecule has 1 N–H and O–H groups in total. The maximum Gasteiger partial charge on any atom is 0.416 e. The van der Waals surface area contributed by atoms with Crippen molar-refractivity contribution in [3.63, 3.8) is 0 Å². The molecule has 2 heterocycles. The third-order valence-corrected chi connectivity index (χ3v) is 6.15. The lowest BCUT2D eigenvalue weighted by atomic mass is 9.96. The fourth-order valence-electron chi connectivity index (χ4n) is 4.11. The number of amides is 2. The zero-order chi connectivity index (χ0) is 27.0. The largest absolute Gasteiger partial charge is 0.452 e. The van der Waals surface area contributed by atoms with Gasteiger partial charge in [0.05, 0.1) is 11.1 Å². The predicted molar refractivity (Wildman–Crippen MR) is 119 cm³/mol. The van der Waals surface area contributed by atoms with Gasteiger partial charge in [0.1, 0.15) is 5.58 Å². The highest BCUT2D eigenvalue weighted by Gasteiger charge is 2.37. The lowest BCUT2D eigenvalue weighted by molar-refractivity contribution is -0.143. The van der Waals surface area contributed by atoms with Crippen LogP contribution in [-0.4, -0.2) is 42.1 Å². The minimum Gasteiger partial charge on any atom is -0.452 e. The fraction of sp³-hybridized carbons (Fsp3) is 0.320. The number of nitrogens with zero attached hydrogens (tertiary/aromatic N) is 1. The summed E-state index contributed by atoms with van der Waals surface area (Å²) < 4.78 is 83.7. The summed E-state index contributed by atoms with van der Waals surface area (Å²) in [7, 11) is 0. The maximum absolute atomic E-state index is 13.0. The summed E-state index contributed by atoms with van der Waals surface area (Å²) in [6.07, 6.45) is -9.38. The number of likely N-dealkylation sites (tertiary alicyclic amines) is 1. The van der Waals surface area contributed by atoms with Crippen LogP contribution in [0.5, 0.6) is 0 Å². The molecule has 1 saturated heterocycles. The van der Waals surface area contributed by atoms with Gasteiger partial charge in [-0.05, 0) is 49.1 Å². The number of piperidine rings is 1. The third kappa shape index (κ3) is 5.95. The minimum absolute atomic E-state index is 0.0179. The van der Waals surface area contributed by atoms with Crippen LogP contribution in [0.15, 0.2) is 52.9 Å². The molecule has 0 unspecified atom stereocenters. The van der Waals surface area contributed by atoms with E-state index >= 15 is 0 Å². The lowest BCUT2D eigenvalue weighted by Crippen LogP contribution is -2.44. The van der Waals surface area contributed by atoms with E-state index < -0.39 is 46.6 Å². The van der Waals surface area contributed by atoms with Gasteiger partial charge < -0.3 is 14.6 Å². The standard InChI is InChI=1S/C25H20F6N2O4/c26-24(27,28)17-9-16(10-18(12-17)25(29,30)31)22(35)32-13-14-5-7-33(8-6-14)23(36)21(34)20-11-15-3-1-2-4-19(15)37-20/h1-4,9-12,14H,5-8,13H2,(H,32,35). The molecule has 2 aromatic carbocycles. The van der Waals surface area contributed by atoms with E-state index in [2.05, 4.69) is 5.32 Å². The van der Waals surface area contributed by atoms with Crippen LogP contribution in [0.3, 0.4) is 0 Å². The molecule has 0 bridgehead atoms. The number of carbonyl (C=O) groups is 3. The van der Waals surface area contributed by atoms with Gasteiger partial charge in [-0.3, -0.25) is 14.4 Å². The van der Waals surface area contributed by atoms with Crippen LogP contribution in [0.25, 0.3) is 11.0 Å². The fourth-order valence-corrected chi connectivity index (χ4v) is 4.11. The first-order valence-corrected chi connectivity index (χ1v) is 11.2. The quantitative estimate of drug-likeness (QED) is 0.277. The van der Waals surface area contributed by atoms with Crippen molar-refractivity contribution in [1.29, 1.82) is 0 Å². The van der Waals surface area contributed by atoms with Gasteiger partial charge in [0.15, 0.2) is 5.76 Å². The summed E-state index contributed by atoms with van der Waals surface area (Å²) in [6, 6.07) is 9.08. The molecule has 0 atom stereocenters. The normalized spacial score (nSPS) is 15.1. The summed E-state index contributed by atoms with van der Waals surface area (Å²) in [5, 5.41) is 3.05. The van der Waals surface area contributed by atoms with Crippen molar-refractivity contribution in [3.8, 4) is 0 Å². The Morgan fingerprint density at radius 3 is 2.05 bits per heavy atom.